The maximum Gasteiger partial charge on any atom is 0.307 e. The quantitative estimate of drug-likeness (QED) is 0.551. The first-order valence-corrected chi connectivity index (χ1v) is 6.27. The lowest BCUT2D eigenvalue weighted by atomic mass is 9.97. The first-order valence-electron chi connectivity index (χ1n) is 6.27. The molecule has 0 bridgehead atoms. The molecule has 0 unspecified atom stereocenters. The minimum Gasteiger partial charge on any atom is -0.460 e. The van der Waals surface area contributed by atoms with E-state index in [0.717, 1.165) is 19.3 Å². The second-order valence-electron chi connectivity index (χ2n) is 5.39. The molecule has 100 valence electrons. The van der Waals surface area contributed by atoms with Crippen LogP contribution in [0.2, 0.25) is 0 Å². The number of hydrogen-bond donors (Lipinski definition) is 1. The molecule has 0 heterocycles. The molecule has 17 heavy (non-hydrogen) atoms. The van der Waals surface area contributed by atoms with Gasteiger partial charge < -0.3 is 10.5 Å². The van der Waals surface area contributed by atoms with Crippen LogP contribution < -0.4 is 5.73 Å². The Hall–Kier alpha value is -1.06. The van der Waals surface area contributed by atoms with Gasteiger partial charge in [-0.2, -0.15) is 0 Å². The van der Waals surface area contributed by atoms with Gasteiger partial charge in [-0.25, -0.2) is 0 Å². The van der Waals surface area contributed by atoms with Crippen molar-refractivity contribution < 1.29 is 14.3 Å². The van der Waals surface area contributed by atoms with Crippen LogP contribution in [0.4, 0.5) is 0 Å². The van der Waals surface area contributed by atoms with Gasteiger partial charge in [0.05, 0.1) is 6.42 Å². The molecule has 4 nitrogen and oxygen atoms in total. The van der Waals surface area contributed by atoms with E-state index in [4.69, 9.17) is 10.5 Å². The van der Waals surface area contributed by atoms with Crippen LogP contribution in [0.1, 0.15) is 59.8 Å². The van der Waals surface area contributed by atoms with Gasteiger partial charge in [0.2, 0.25) is 5.91 Å². The van der Waals surface area contributed by atoms with Gasteiger partial charge in [0.25, 0.3) is 0 Å². The zero-order chi connectivity index (χ0) is 13.5. The van der Waals surface area contributed by atoms with Crippen molar-refractivity contribution >= 4 is 11.9 Å². The highest BCUT2D eigenvalue weighted by atomic mass is 16.6. The summed E-state index contributed by atoms with van der Waals surface area (Å²) in [5, 5.41) is 0. The summed E-state index contributed by atoms with van der Waals surface area (Å²) in [7, 11) is 0. The van der Waals surface area contributed by atoms with Crippen LogP contribution in [0.15, 0.2) is 0 Å². The first-order chi connectivity index (χ1) is 7.76. The molecule has 0 aromatic heterocycles. The molecule has 4 heteroatoms. The molecule has 0 rings (SSSR count). The van der Waals surface area contributed by atoms with Crippen LogP contribution in [0, 0.1) is 5.92 Å². The Balaban J connectivity index is 4.16. The van der Waals surface area contributed by atoms with Crippen molar-refractivity contribution in [2.24, 2.45) is 11.7 Å². The summed E-state index contributed by atoms with van der Waals surface area (Å²) in [6.07, 6.45) is 3.82. The zero-order valence-corrected chi connectivity index (χ0v) is 11.4. The maximum atomic E-state index is 11.6. The summed E-state index contributed by atoms with van der Waals surface area (Å²) in [5.41, 5.74) is 4.77. The number of rotatable bonds is 7. The molecule has 0 aromatic rings. The third-order valence-corrected chi connectivity index (χ3v) is 2.39. The van der Waals surface area contributed by atoms with Crippen LogP contribution in [-0.2, 0) is 14.3 Å². The van der Waals surface area contributed by atoms with E-state index < -0.39 is 17.4 Å². The Morgan fingerprint density at radius 1 is 1.24 bits per heavy atom. The summed E-state index contributed by atoms with van der Waals surface area (Å²) in [4.78, 5) is 22.8. The maximum absolute atomic E-state index is 11.6. The van der Waals surface area contributed by atoms with Crippen molar-refractivity contribution in [1.82, 2.24) is 0 Å². The number of nitrogens with two attached hydrogens (primary N) is 1. The highest BCUT2D eigenvalue weighted by Crippen LogP contribution is 2.17. The van der Waals surface area contributed by atoms with Gasteiger partial charge in [0.15, 0.2) is 0 Å². The van der Waals surface area contributed by atoms with Crippen molar-refractivity contribution in [3.8, 4) is 0 Å². The molecule has 0 spiro atoms. The van der Waals surface area contributed by atoms with E-state index in [2.05, 4.69) is 6.92 Å². The number of carbonyl (C=O) groups excluding carboxylic acids is 2. The van der Waals surface area contributed by atoms with E-state index in [1.807, 2.05) is 0 Å². The molecule has 0 fully saturated rings. The predicted octanol–water partition coefficient (Wildman–Crippen LogP) is 2.40. The number of hydrogen-bond acceptors (Lipinski definition) is 3. The smallest absolute Gasteiger partial charge is 0.307 e. The summed E-state index contributed by atoms with van der Waals surface area (Å²) in [6.45, 7) is 7.51. The molecule has 0 aromatic carbocycles. The number of ether oxygens (including phenoxy) is 1. The van der Waals surface area contributed by atoms with E-state index in [1.54, 1.807) is 20.8 Å². The highest BCUT2D eigenvalue weighted by molar-refractivity contribution is 5.82. The van der Waals surface area contributed by atoms with E-state index in [-0.39, 0.29) is 12.4 Å². The first kappa shape index (κ1) is 15.9. The van der Waals surface area contributed by atoms with E-state index >= 15 is 0 Å². The van der Waals surface area contributed by atoms with Crippen LogP contribution in [0.5, 0.6) is 0 Å². The Kier molecular flexibility index (Phi) is 6.85. The third-order valence-electron chi connectivity index (χ3n) is 2.39. The van der Waals surface area contributed by atoms with E-state index in [0.29, 0.717) is 6.42 Å². The summed E-state index contributed by atoms with van der Waals surface area (Å²) in [6, 6.07) is 0. The topological polar surface area (TPSA) is 69.4 Å². The molecule has 0 radical (unpaired) electrons. The Labute approximate surface area is 104 Å². The fourth-order valence-electron chi connectivity index (χ4n) is 1.57. The van der Waals surface area contributed by atoms with E-state index in [1.165, 1.54) is 0 Å². The Morgan fingerprint density at radius 3 is 2.24 bits per heavy atom. The Morgan fingerprint density at radius 2 is 1.82 bits per heavy atom. The van der Waals surface area contributed by atoms with Crippen LogP contribution >= 0.6 is 0 Å². The number of unbranched alkanes of at least 4 members (excludes halogenated alkanes) is 2. The lowest BCUT2D eigenvalue weighted by molar-refractivity contribution is -0.157. The molecule has 0 aliphatic heterocycles. The van der Waals surface area contributed by atoms with Crippen LogP contribution in [-0.4, -0.2) is 17.5 Å². The lowest BCUT2D eigenvalue weighted by Gasteiger charge is -2.21. The van der Waals surface area contributed by atoms with Crippen molar-refractivity contribution in [3.63, 3.8) is 0 Å². The number of carbonyl (C=O) groups is 2. The van der Waals surface area contributed by atoms with Crippen molar-refractivity contribution in [3.05, 3.63) is 0 Å². The third kappa shape index (κ3) is 8.72. The average molecular weight is 243 g/mol. The van der Waals surface area contributed by atoms with Crippen LogP contribution in [0.25, 0.3) is 0 Å². The monoisotopic (exact) mass is 243 g/mol. The van der Waals surface area contributed by atoms with E-state index in [9.17, 15) is 9.59 Å². The normalized spacial score (nSPS) is 13.2. The highest BCUT2D eigenvalue weighted by Gasteiger charge is 2.23. The molecule has 0 saturated heterocycles. The fourth-order valence-corrected chi connectivity index (χ4v) is 1.57. The molecular formula is C13H25NO3. The van der Waals surface area contributed by atoms with Gasteiger partial charge in [-0.15, -0.1) is 0 Å². The summed E-state index contributed by atoms with van der Waals surface area (Å²) in [5.74, 6) is -1.15. The molecule has 2 N–H and O–H groups in total. The number of primary amides is 1. The second kappa shape index (κ2) is 7.30. The summed E-state index contributed by atoms with van der Waals surface area (Å²) >= 11 is 0. The second-order valence-corrected chi connectivity index (χ2v) is 5.39. The fraction of sp³-hybridized carbons (Fsp3) is 0.846. The van der Waals surface area contributed by atoms with Gasteiger partial charge in [-0.05, 0) is 27.2 Å². The van der Waals surface area contributed by atoms with Crippen LogP contribution in [0.3, 0.4) is 0 Å². The average Bonchev–Trinajstić information content (AvgIpc) is 2.13. The molecule has 1 atom stereocenters. The molecule has 0 aliphatic carbocycles. The molecule has 0 saturated carbocycles. The Bertz CT molecular complexity index is 256. The van der Waals surface area contributed by atoms with Gasteiger partial charge >= 0.3 is 5.97 Å². The minimum atomic E-state index is -0.511. The zero-order valence-electron chi connectivity index (χ0n) is 11.4. The van der Waals surface area contributed by atoms with Gasteiger partial charge in [-0.3, -0.25) is 9.59 Å². The largest absolute Gasteiger partial charge is 0.460 e. The molecule has 1 amide bonds. The SMILES string of the molecule is CCCCC[C@H](CC(=O)OC(C)(C)C)C(N)=O. The standard InChI is InChI=1S/C13H25NO3/c1-5-6-7-8-10(12(14)16)9-11(15)17-13(2,3)4/h10H,5-9H2,1-4H3,(H2,14,16)/t10-/m1/s1. The van der Waals surface area contributed by atoms with Crippen molar-refractivity contribution in [2.75, 3.05) is 0 Å². The predicted molar refractivity (Wildman–Crippen MR) is 67.3 cm³/mol. The van der Waals surface area contributed by atoms with Gasteiger partial charge in [-0.1, -0.05) is 26.2 Å². The van der Waals surface area contributed by atoms with Gasteiger partial charge in [0.1, 0.15) is 5.60 Å². The minimum absolute atomic E-state index is 0.0936. The lowest BCUT2D eigenvalue weighted by Crippen LogP contribution is -2.30. The molecular weight excluding hydrogens is 218 g/mol. The number of amides is 1. The number of esters is 1. The van der Waals surface area contributed by atoms with Crippen molar-refractivity contribution in [2.45, 2.75) is 65.4 Å². The molecule has 0 aliphatic rings. The van der Waals surface area contributed by atoms with Gasteiger partial charge in [0, 0.05) is 5.92 Å². The summed E-state index contributed by atoms with van der Waals surface area (Å²) < 4.78 is 5.18. The van der Waals surface area contributed by atoms with Crippen molar-refractivity contribution in [1.29, 1.82) is 0 Å².